The quantitative estimate of drug-likeness (QED) is 0.713. The molecule has 154 valence electrons. The minimum absolute atomic E-state index is 0.658. The van der Waals surface area contributed by atoms with Gasteiger partial charge >= 0.3 is 0 Å². The van der Waals surface area contributed by atoms with Crippen molar-refractivity contribution in [2.45, 2.75) is 51.7 Å². The molecule has 1 aliphatic heterocycles. The van der Waals surface area contributed by atoms with Gasteiger partial charge in [0, 0.05) is 31.0 Å². The van der Waals surface area contributed by atoms with Crippen LogP contribution in [0.1, 0.15) is 39.5 Å². The van der Waals surface area contributed by atoms with Crippen LogP contribution in [0.5, 0.6) is 11.5 Å². The zero-order valence-electron chi connectivity index (χ0n) is 17.4. The number of ether oxygens (including phenoxy) is 2. The Hall–Kier alpha value is -2.05. The van der Waals surface area contributed by atoms with Crippen molar-refractivity contribution in [1.29, 1.82) is 0 Å². The van der Waals surface area contributed by atoms with Crippen LogP contribution in [0.2, 0.25) is 0 Å². The van der Waals surface area contributed by atoms with Crippen molar-refractivity contribution in [3.8, 4) is 22.9 Å². The number of benzene rings is 1. The third-order valence-electron chi connectivity index (χ3n) is 5.22. The van der Waals surface area contributed by atoms with E-state index >= 15 is 0 Å². The van der Waals surface area contributed by atoms with E-state index in [4.69, 9.17) is 9.47 Å². The Kier molecular flexibility index (Phi) is 6.97. The lowest BCUT2D eigenvalue weighted by Crippen LogP contribution is -2.33. The standard InChI is InChI=1S/C22H33N3O3/c1-22(2,26)9-13-25-14-10-23-21(25)18-7-8-19(20(17-18)27-3)28-16-15-24-11-5-4-6-12-24/h7-8,10,14,17,26H,4-6,9,11-13,15-16H2,1-3H3. The van der Waals surface area contributed by atoms with E-state index in [2.05, 4.69) is 14.5 Å². The normalized spacial score (nSPS) is 15.6. The lowest BCUT2D eigenvalue weighted by atomic mass is 10.1. The van der Waals surface area contributed by atoms with Gasteiger partial charge in [-0.1, -0.05) is 6.42 Å². The van der Waals surface area contributed by atoms with Crippen molar-refractivity contribution in [2.75, 3.05) is 33.4 Å². The van der Waals surface area contributed by atoms with Crippen molar-refractivity contribution in [3.63, 3.8) is 0 Å². The first kappa shape index (κ1) is 20.7. The lowest BCUT2D eigenvalue weighted by molar-refractivity contribution is 0.0663. The number of aliphatic hydroxyl groups is 1. The van der Waals surface area contributed by atoms with Gasteiger partial charge in [-0.05, 0) is 64.4 Å². The van der Waals surface area contributed by atoms with Crippen LogP contribution >= 0.6 is 0 Å². The van der Waals surface area contributed by atoms with E-state index in [1.165, 1.54) is 32.4 Å². The Morgan fingerprint density at radius 3 is 2.61 bits per heavy atom. The minimum atomic E-state index is -0.703. The third-order valence-corrected chi connectivity index (χ3v) is 5.22. The van der Waals surface area contributed by atoms with Gasteiger partial charge in [0.25, 0.3) is 0 Å². The molecule has 1 fully saturated rings. The number of aromatic nitrogens is 2. The first-order valence-electron chi connectivity index (χ1n) is 10.2. The molecule has 28 heavy (non-hydrogen) atoms. The highest BCUT2D eigenvalue weighted by atomic mass is 16.5. The molecule has 6 heteroatoms. The molecule has 6 nitrogen and oxygen atoms in total. The number of hydrogen-bond acceptors (Lipinski definition) is 5. The minimum Gasteiger partial charge on any atom is -0.493 e. The van der Waals surface area contributed by atoms with E-state index < -0.39 is 5.60 Å². The zero-order chi connectivity index (χ0) is 20.0. The van der Waals surface area contributed by atoms with E-state index in [1.807, 2.05) is 38.2 Å². The molecule has 0 aliphatic carbocycles. The van der Waals surface area contributed by atoms with E-state index in [-0.39, 0.29) is 0 Å². The van der Waals surface area contributed by atoms with Gasteiger partial charge in [-0.25, -0.2) is 4.98 Å². The Morgan fingerprint density at radius 2 is 1.89 bits per heavy atom. The number of piperidine rings is 1. The fourth-order valence-electron chi connectivity index (χ4n) is 3.54. The summed E-state index contributed by atoms with van der Waals surface area (Å²) in [4.78, 5) is 6.96. The monoisotopic (exact) mass is 387 g/mol. The molecule has 0 saturated carbocycles. The zero-order valence-corrected chi connectivity index (χ0v) is 17.4. The van der Waals surface area contributed by atoms with Gasteiger partial charge in [0.2, 0.25) is 0 Å². The lowest BCUT2D eigenvalue weighted by Gasteiger charge is -2.26. The number of likely N-dealkylation sites (tertiary alicyclic amines) is 1. The van der Waals surface area contributed by atoms with Crippen LogP contribution in [0, 0.1) is 0 Å². The van der Waals surface area contributed by atoms with E-state index in [1.54, 1.807) is 13.3 Å². The Balaban J connectivity index is 1.65. The maximum Gasteiger partial charge on any atom is 0.161 e. The van der Waals surface area contributed by atoms with Crippen LogP contribution < -0.4 is 9.47 Å². The summed E-state index contributed by atoms with van der Waals surface area (Å²) in [5.41, 5.74) is 0.270. The van der Waals surface area contributed by atoms with Gasteiger partial charge < -0.3 is 19.1 Å². The summed E-state index contributed by atoms with van der Waals surface area (Å²) in [5, 5.41) is 10.00. The molecule has 1 aliphatic rings. The summed E-state index contributed by atoms with van der Waals surface area (Å²) in [6.07, 6.45) is 8.31. The molecule has 0 radical (unpaired) electrons. The number of hydrogen-bond donors (Lipinski definition) is 1. The van der Waals surface area contributed by atoms with Crippen molar-refractivity contribution in [2.24, 2.45) is 0 Å². The van der Waals surface area contributed by atoms with Gasteiger partial charge in [0.15, 0.2) is 11.5 Å². The highest BCUT2D eigenvalue weighted by Gasteiger charge is 2.16. The molecule has 0 atom stereocenters. The second-order valence-electron chi connectivity index (χ2n) is 8.12. The molecule has 0 amide bonds. The number of nitrogens with zero attached hydrogens (tertiary/aromatic N) is 3. The van der Waals surface area contributed by atoms with Gasteiger partial charge in [-0.15, -0.1) is 0 Å². The average Bonchev–Trinajstić information content (AvgIpc) is 3.15. The number of rotatable bonds is 9. The van der Waals surface area contributed by atoms with Gasteiger partial charge in [0.1, 0.15) is 12.4 Å². The van der Waals surface area contributed by atoms with E-state index in [9.17, 15) is 5.11 Å². The number of methoxy groups -OCH3 is 1. The summed E-state index contributed by atoms with van der Waals surface area (Å²) in [6.45, 7) is 8.31. The smallest absolute Gasteiger partial charge is 0.161 e. The van der Waals surface area contributed by atoms with Crippen LogP contribution in [0.25, 0.3) is 11.4 Å². The third kappa shape index (κ3) is 5.72. The molecule has 2 aromatic rings. The topological polar surface area (TPSA) is 59.8 Å². The second-order valence-corrected chi connectivity index (χ2v) is 8.12. The van der Waals surface area contributed by atoms with Crippen LogP contribution in [-0.2, 0) is 6.54 Å². The molecule has 2 heterocycles. The number of imidazole rings is 1. The molecule has 1 saturated heterocycles. The molecule has 0 spiro atoms. The Labute approximate surface area is 168 Å². The fourth-order valence-corrected chi connectivity index (χ4v) is 3.54. The van der Waals surface area contributed by atoms with Gasteiger partial charge in [0.05, 0.1) is 12.7 Å². The van der Waals surface area contributed by atoms with Crippen LogP contribution in [0.3, 0.4) is 0 Å². The van der Waals surface area contributed by atoms with Crippen LogP contribution in [-0.4, -0.2) is 58.5 Å². The summed E-state index contributed by atoms with van der Waals surface area (Å²) in [5.74, 6) is 2.34. The first-order valence-corrected chi connectivity index (χ1v) is 10.2. The van der Waals surface area contributed by atoms with Gasteiger partial charge in [-0.2, -0.15) is 0 Å². The average molecular weight is 388 g/mol. The van der Waals surface area contributed by atoms with E-state index in [0.29, 0.717) is 25.3 Å². The molecule has 1 aromatic heterocycles. The Bertz CT molecular complexity index is 746. The van der Waals surface area contributed by atoms with Crippen LogP contribution in [0.15, 0.2) is 30.6 Å². The SMILES string of the molecule is COc1cc(-c2nccn2CCC(C)(C)O)ccc1OCCN1CCCCC1. The van der Waals surface area contributed by atoms with Crippen molar-refractivity contribution in [1.82, 2.24) is 14.5 Å². The van der Waals surface area contributed by atoms with E-state index in [0.717, 1.165) is 23.7 Å². The molecule has 0 bridgehead atoms. The van der Waals surface area contributed by atoms with Crippen molar-refractivity contribution >= 4 is 0 Å². The van der Waals surface area contributed by atoms with Crippen molar-refractivity contribution in [3.05, 3.63) is 30.6 Å². The maximum absolute atomic E-state index is 10.00. The molecular formula is C22H33N3O3. The summed E-state index contributed by atoms with van der Waals surface area (Å²) in [6, 6.07) is 5.94. The Morgan fingerprint density at radius 1 is 1.11 bits per heavy atom. The van der Waals surface area contributed by atoms with Gasteiger partial charge in [-0.3, -0.25) is 4.90 Å². The molecular weight excluding hydrogens is 354 g/mol. The largest absolute Gasteiger partial charge is 0.493 e. The first-order chi connectivity index (χ1) is 13.5. The predicted molar refractivity (Wildman–Crippen MR) is 111 cm³/mol. The predicted octanol–water partition coefficient (Wildman–Crippen LogP) is 3.58. The number of aryl methyl sites for hydroxylation is 1. The molecule has 3 rings (SSSR count). The highest BCUT2D eigenvalue weighted by Crippen LogP contribution is 2.32. The van der Waals surface area contributed by atoms with Crippen LogP contribution in [0.4, 0.5) is 0 Å². The molecule has 1 aromatic carbocycles. The summed E-state index contributed by atoms with van der Waals surface area (Å²) in [7, 11) is 1.66. The summed E-state index contributed by atoms with van der Waals surface area (Å²) < 4.78 is 13.6. The van der Waals surface area contributed by atoms with Crippen molar-refractivity contribution < 1.29 is 14.6 Å². The maximum atomic E-state index is 10.00. The second kappa shape index (κ2) is 9.43. The molecule has 1 N–H and O–H groups in total. The highest BCUT2D eigenvalue weighted by molar-refractivity contribution is 5.61. The fraction of sp³-hybridized carbons (Fsp3) is 0.591. The summed E-state index contributed by atoms with van der Waals surface area (Å²) >= 11 is 0. The molecule has 0 unspecified atom stereocenters.